The van der Waals surface area contributed by atoms with E-state index in [2.05, 4.69) is 20.9 Å². The lowest BCUT2D eigenvalue weighted by atomic mass is 10.0. The molecule has 36 heavy (non-hydrogen) atoms. The fourth-order valence-electron chi connectivity index (χ4n) is 4.93. The second-order valence-corrected chi connectivity index (χ2v) is 10.9. The third-order valence-corrected chi connectivity index (χ3v) is 7.97. The van der Waals surface area contributed by atoms with Gasteiger partial charge in [0.2, 0.25) is 11.7 Å². The fourth-order valence-corrected chi connectivity index (χ4v) is 6.13. The van der Waals surface area contributed by atoms with Crippen molar-refractivity contribution in [2.24, 2.45) is 5.92 Å². The second-order valence-electron chi connectivity index (χ2n) is 9.51. The van der Waals surface area contributed by atoms with E-state index in [9.17, 15) is 14.9 Å². The Labute approximate surface area is 219 Å². The lowest BCUT2D eigenvalue weighted by molar-refractivity contribution is -0.383. The van der Waals surface area contributed by atoms with Crippen molar-refractivity contribution in [3.05, 3.63) is 43.7 Å². The second kappa shape index (κ2) is 10.9. The molecule has 196 valence electrons. The molecule has 2 fully saturated rings. The van der Waals surface area contributed by atoms with Gasteiger partial charge < -0.3 is 25.4 Å². The van der Waals surface area contributed by atoms with Crippen molar-refractivity contribution in [1.82, 2.24) is 10.3 Å². The molecule has 1 saturated heterocycles. The lowest BCUT2D eigenvalue weighted by Gasteiger charge is -2.24. The molecule has 2 aromatic rings. The number of rotatable bonds is 10. The van der Waals surface area contributed by atoms with Gasteiger partial charge in [0, 0.05) is 30.1 Å². The van der Waals surface area contributed by atoms with Crippen LogP contribution < -0.4 is 16.0 Å². The summed E-state index contributed by atoms with van der Waals surface area (Å²) in [5.41, 5.74) is 0.222. The van der Waals surface area contributed by atoms with Gasteiger partial charge in [0.1, 0.15) is 17.9 Å². The maximum absolute atomic E-state index is 12.7. The Morgan fingerprint density at radius 2 is 2.08 bits per heavy atom. The fraction of sp³-hybridized carbons (Fsp3) is 0.583. The highest BCUT2D eigenvalue weighted by molar-refractivity contribution is 7.10. The predicted octanol–water partition coefficient (Wildman–Crippen LogP) is 4.59. The molecule has 1 saturated carbocycles. The molecule has 0 radical (unpaired) electrons. The zero-order valence-corrected chi connectivity index (χ0v) is 22.3. The van der Waals surface area contributed by atoms with Crippen molar-refractivity contribution in [1.29, 1.82) is 0 Å². The summed E-state index contributed by atoms with van der Waals surface area (Å²) in [5.74, 6) is -1.29. The Bertz CT molecular complexity index is 1110. The monoisotopic (exact) mass is 537 g/mol. The summed E-state index contributed by atoms with van der Waals surface area (Å²) in [6, 6.07) is 3.01. The quantitative estimate of drug-likeness (QED) is 0.296. The van der Waals surface area contributed by atoms with Crippen LogP contribution in [0.15, 0.2) is 23.7 Å². The van der Waals surface area contributed by atoms with Crippen LogP contribution in [0.2, 0.25) is 5.02 Å². The molecule has 1 amide bonds. The highest BCUT2D eigenvalue weighted by Crippen LogP contribution is 2.44. The normalized spacial score (nSPS) is 25.2. The van der Waals surface area contributed by atoms with Crippen LogP contribution in [-0.2, 0) is 20.7 Å². The first-order valence-electron chi connectivity index (χ1n) is 12.1. The Morgan fingerprint density at radius 3 is 2.72 bits per heavy atom. The van der Waals surface area contributed by atoms with Crippen molar-refractivity contribution in [2.45, 2.75) is 77.0 Å². The minimum absolute atomic E-state index is 0.0551. The van der Waals surface area contributed by atoms with Gasteiger partial charge in [0.25, 0.3) is 0 Å². The Balaban J connectivity index is 1.58. The number of nitrogens with one attached hydrogen (secondary N) is 3. The highest BCUT2D eigenvalue weighted by Gasteiger charge is 2.56. The van der Waals surface area contributed by atoms with E-state index in [1.54, 1.807) is 31.3 Å². The standard InChI is InChI=1S/C24H32ClN5O5S/c1-5-13(11-18-15(25)8-10-36-18)28-16-7-9-27-22(19(16)30(32)33)29-17-12-14(23(31)26-6-2)20-21(17)35-24(3,4)34-20/h7-10,13-14,17,20-21H,5-6,11-12H2,1-4H3,(H,26,31)(H2,27,28,29)/t13-,14+,17-,20-,21+/m1/s1. The van der Waals surface area contributed by atoms with E-state index in [-0.39, 0.29) is 23.5 Å². The minimum atomic E-state index is -0.861. The molecular formula is C24H32ClN5O5S. The topological polar surface area (TPSA) is 128 Å². The lowest BCUT2D eigenvalue weighted by Crippen LogP contribution is -2.37. The van der Waals surface area contributed by atoms with E-state index >= 15 is 0 Å². The van der Waals surface area contributed by atoms with Crippen LogP contribution >= 0.6 is 22.9 Å². The molecule has 10 nitrogen and oxygen atoms in total. The third kappa shape index (κ3) is 5.59. The first-order valence-corrected chi connectivity index (χ1v) is 13.4. The number of carbonyl (C=O) groups is 1. The van der Waals surface area contributed by atoms with Gasteiger partial charge in [-0.05, 0) is 51.1 Å². The molecule has 4 rings (SSSR count). The van der Waals surface area contributed by atoms with Crippen molar-refractivity contribution in [3.63, 3.8) is 0 Å². The average Bonchev–Trinajstić information content (AvgIpc) is 3.46. The number of aromatic nitrogens is 1. The summed E-state index contributed by atoms with van der Waals surface area (Å²) in [4.78, 5) is 29.8. The highest BCUT2D eigenvalue weighted by atomic mass is 35.5. The molecule has 5 atom stereocenters. The zero-order valence-electron chi connectivity index (χ0n) is 20.7. The number of pyridine rings is 1. The number of nitrogens with zero attached hydrogens (tertiary/aromatic N) is 2. The number of halogens is 1. The molecule has 2 aromatic heterocycles. The number of hydrogen-bond donors (Lipinski definition) is 3. The summed E-state index contributed by atoms with van der Waals surface area (Å²) in [6.07, 6.45) is 2.43. The molecule has 3 heterocycles. The molecule has 12 heteroatoms. The minimum Gasteiger partial charge on any atom is -0.376 e. The molecule has 0 unspecified atom stereocenters. The van der Waals surface area contributed by atoms with E-state index in [0.29, 0.717) is 30.1 Å². The molecule has 1 aliphatic heterocycles. The Hall–Kier alpha value is -2.47. The third-order valence-electron chi connectivity index (χ3n) is 6.56. The van der Waals surface area contributed by atoms with E-state index in [1.807, 2.05) is 25.3 Å². The van der Waals surface area contributed by atoms with Gasteiger partial charge in [-0.15, -0.1) is 11.3 Å². The van der Waals surface area contributed by atoms with Crippen LogP contribution in [0.5, 0.6) is 0 Å². The molecule has 1 aliphatic carbocycles. The summed E-state index contributed by atoms with van der Waals surface area (Å²) in [6.45, 7) is 7.98. The zero-order chi connectivity index (χ0) is 26.0. The first-order chi connectivity index (χ1) is 17.1. The Kier molecular flexibility index (Phi) is 8.03. The summed E-state index contributed by atoms with van der Waals surface area (Å²) in [5, 5.41) is 24.2. The predicted molar refractivity (Wildman–Crippen MR) is 140 cm³/mol. The van der Waals surface area contributed by atoms with E-state index in [4.69, 9.17) is 21.1 Å². The van der Waals surface area contributed by atoms with Gasteiger partial charge in [-0.25, -0.2) is 4.98 Å². The van der Waals surface area contributed by atoms with Crippen LogP contribution in [0, 0.1) is 16.0 Å². The number of anilines is 2. The summed E-state index contributed by atoms with van der Waals surface area (Å²) < 4.78 is 12.2. The van der Waals surface area contributed by atoms with Crippen molar-refractivity contribution in [2.75, 3.05) is 17.2 Å². The maximum Gasteiger partial charge on any atom is 0.334 e. The maximum atomic E-state index is 12.7. The van der Waals surface area contributed by atoms with Crippen molar-refractivity contribution >= 4 is 46.0 Å². The largest absolute Gasteiger partial charge is 0.376 e. The van der Waals surface area contributed by atoms with Crippen molar-refractivity contribution in [3.8, 4) is 0 Å². The van der Waals surface area contributed by atoms with Crippen LogP contribution in [0.25, 0.3) is 0 Å². The van der Waals surface area contributed by atoms with Gasteiger partial charge >= 0.3 is 5.69 Å². The summed E-state index contributed by atoms with van der Waals surface area (Å²) >= 11 is 7.83. The molecule has 0 bridgehead atoms. The number of fused-ring (bicyclic) bond motifs is 1. The van der Waals surface area contributed by atoms with E-state index in [0.717, 1.165) is 11.3 Å². The molecule has 0 spiro atoms. The SMILES string of the molecule is CCNC(=O)[C@H]1C[C@@H](Nc2nccc(N[C@H](CC)Cc3sccc3Cl)c2[N+](=O)[O-])[C@@H]2OC(C)(C)O[C@@H]21. The smallest absolute Gasteiger partial charge is 0.334 e. The van der Waals surface area contributed by atoms with Gasteiger partial charge in [0.15, 0.2) is 5.79 Å². The molecule has 3 N–H and O–H groups in total. The van der Waals surface area contributed by atoms with E-state index < -0.39 is 34.9 Å². The van der Waals surface area contributed by atoms with Gasteiger partial charge in [-0.3, -0.25) is 14.9 Å². The van der Waals surface area contributed by atoms with E-state index in [1.165, 1.54) is 6.20 Å². The number of carbonyl (C=O) groups excluding carboxylic acids is 1. The number of thiophene rings is 1. The molecular weight excluding hydrogens is 506 g/mol. The van der Waals surface area contributed by atoms with Crippen LogP contribution in [-0.4, -0.2) is 52.4 Å². The Morgan fingerprint density at radius 1 is 1.33 bits per heavy atom. The number of nitro groups is 1. The first kappa shape index (κ1) is 26.6. The summed E-state index contributed by atoms with van der Waals surface area (Å²) in [7, 11) is 0. The van der Waals surface area contributed by atoms with Gasteiger partial charge in [-0.2, -0.15) is 0 Å². The number of hydrogen-bond acceptors (Lipinski definition) is 9. The van der Waals surface area contributed by atoms with Crippen LogP contribution in [0.4, 0.5) is 17.2 Å². The average molecular weight is 538 g/mol. The van der Waals surface area contributed by atoms with Gasteiger partial charge in [0.05, 0.1) is 21.9 Å². The number of amides is 1. The van der Waals surface area contributed by atoms with Crippen LogP contribution in [0.3, 0.4) is 0 Å². The van der Waals surface area contributed by atoms with Gasteiger partial charge in [-0.1, -0.05) is 18.5 Å². The number of ether oxygens (including phenoxy) is 2. The van der Waals surface area contributed by atoms with Crippen LogP contribution in [0.1, 0.15) is 45.4 Å². The molecule has 2 aliphatic rings. The molecule has 0 aromatic carbocycles. The van der Waals surface area contributed by atoms with Crippen molar-refractivity contribution < 1.29 is 19.2 Å².